The zero-order chi connectivity index (χ0) is 13.4. The predicted octanol–water partition coefficient (Wildman–Crippen LogP) is 2.57. The highest BCUT2D eigenvalue weighted by Crippen LogP contribution is 2.16. The first kappa shape index (κ1) is 15.1. The van der Waals surface area contributed by atoms with E-state index in [4.69, 9.17) is 4.74 Å². The number of carbonyl (C=O) groups excluding carboxylic acids is 1. The minimum Gasteiger partial charge on any atom is -0.468 e. The minimum atomic E-state index is -0.216. The molecule has 1 unspecified atom stereocenters. The van der Waals surface area contributed by atoms with E-state index in [1.54, 1.807) is 11.8 Å². The summed E-state index contributed by atoms with van der Waals surface area (Å²) >= 11 is 1.78. The summed E-state index contributed by atoms with van der Waals surface area (Å²) in [6.45, 7) is 4.81. The fourth-order valence-electron chi connectivity index (χ4n) is 1.62. The van der Waals surface area contributed by atoms with Crippen LogP contribution in [0.1, 0.15) is 13.8 Å². The lowest BCUT2D eigenvalue weighted by Gasteiger charge is -2.19. The zero-order valence-electron chi connectivity index (χ0n) is 11.2. The highest BCUT2D eigenvalue weighted by molar-refractivity contribution is 7.99. The lowest BCUT2D eigenvalue weighted by Crippen LogP contribution is -2.42. The van der Waals surface area contributed by atoms with Crippen LogP contribution < -0.4 is 5.32 Å². The van der Waals surface area contributed by atoms with E-state index in [0.29, 0.717) is 0 Å². The quantitative estimate of drug-likeness (QED) is 0.468. The first-order valence-corrected chi connectivity index (χ1v) is 7.12. The highest BCUT2D eigenvalue weighted by Gasteiger charge is 2.21. The van der Waals surface area contributed by atoms with Crippen LogP contribution in [-0.2, 0) is 9.53 Å². The maximum Gasteiger partial charge on any atom is 0.323 e. The number of hydrogen-bond donors (Lipinski definition) is 1. The van der Waals surface area contributed by atoms with Crippen LogP contribution >= 0.6 is 11.8 Å². The Morgan fingerprint density at radius 3 is 2.56 bits per heavy atom. The number of methoxy groups -OCH3 is 1. The predicted molar refractivity (Wildman–Crippen MR) is 75.8 cm³/mol. The maximum atomic E-state index is 11.5. The molecule has 100 valence electrons. The molecule has 0 saturated carbocycles. The van der Waals surface area contributed by atoms with Crippen LogP contribution in [0.25, 0.3) is 0 Å². The molecule has 0 saturated heterocycles. The van der Waals surface area contributed by atoms with Crippen LogP contribution in [0.3, 0.4) is 0 Å². The van der Waals surface area contributed by atoms with E-state index in [2.05, 4.69) is 17.4 Å². The number of ether oxygens (including phenoxy) is 1. The molecule has 0 radical (unpaired) electrons. The third-order valence-electron chi connectivity index (χ3n) is 2.60. The molecule has 18 heavy (non-hydrogen) atoms. The van der Waals surface area contributed by atoms with Gasteiger partial charge in [-0.2, -0.15) is 0 Å². The number of nitrogens with one attached hydrogen (secondary N) is 1. The molecule has 0 aliphatic carbocycles. The van der Waals surface area contributed by atoms with Crippen molar-refractivity contribution in [3.63, 3.8) is 0 Å². The van der Waals surface area contributed by atoms with Gasteiger partial charge in [-0.1, -0.05) is 32.0 Å². The summed E-state index contributed by atoms with van der Waals surface area (Å²) in [4.78, 5) is 12.8. The Bertz CT molecular complexity index is 354. The molecule has 1 N–H and O–H groups in total. The summed E-state index contributed by atoms with van der Waals surface area (Å²) in [6, 6.07) is 10.0. The van der Waals surface area contributed by atoms with Crippen molar-refractivity contribution in [1.82, 2.24) is 5.32 Å². The van der Waals surface area contributed by atoms with E-state index < -0.39 is 0 Å². The standard InChI is InChI=1S/C14H21NO2S/c1-11(2)13(14(16)17-3)15-9-10-18-12-7-5-4-6-8-12/h4-8,11,13,15H,9-10H2,1-3H3. The van der Waals surface area contributed by atoms with Crippen molar-refractivity contribution in [3.05, 3.63) is 30.3 Å². The van der Waals surface area contributed by atoms with Crippen molar-refractivity contribution in [2.75, 3.05) is 19.4 Å². The number of benzene rings is 1. The zero-order valence-corrected chi connectivity index (χ0v) is 12.0. The van der Waals surface area contributed by atoms with Crippen molar-refractivity contribution in [1.29, 1.82) is 0 Å². The molecule has 0 spiro atoms. The maximum absolute atomic E-state index is 11.5. The molecule has 0 amide bonds. The summed E-state index contributed by atoms with van der Waals surface area (Å²) in [5.74, 6) is 0.985. The Kier molecular flexibility index (Phi) is 6.83. The highest BCUT2D eigenvalue weighted by atomic mass is 32.2. The molecular weight excluding hydrogens is 246 g/mol. The van der Waals surface area contributed by atoms with E-state index in [0.717, 1.165) is 12.3 Å². The summed E-state index contributed by atoms with van der Waals surface area (Å²) in [7, 11) is 1.43. The Morgan fingerprint density at radius 1 is 1.33 bits per heavy atom. The van der Waals surface area contributed by atoms with Crippen molar-refractivity contribution in [2.45, 2.75) is 24.8 Å². The molecule has 0 aromatic heterocycles. The van der Waals surface area contributed by atoms with E-state index in [1.807, 2.05) is 32.0 Å². The third-order valence-corrected chi connectivity index (χ3v) is 3.61. The molecule has 0 aliphatic rings. The van der Waals surface area contributed by atoms with Crippen LogP contribution in [-0.4, -0.2) is 31.4 Å². The van der Waals surface area contributed by atoms with Gasteiger partial charge in [0.1, 0.15) is 6.04 Å². The molecule has 0 heterocycles. The molecule has 0 fully saturated rings. The first-order chi connectivity index (χ1) is 8.65. The molecule has 1 rings (SSSR count). The lowest BCUT2D eigenvalue weighted by molar-refractivity contribution is -0.144. The molecule has 3 nitrogen and oxygen atoms in total. The van der Waals surface area contributed by atoms with Gasteiger partial charge in [-0.05, 0) is 18.1 Å². The first-order valence-electron chi connectivity index (χ1n) is 6.14. The number of rotatable bonds is 7. The van der Waals surface area contributed by atoms with E-state index in [1.165, 1.54) is 12.0 Å². The summed E-state index contributed by atoms with van der Waals surface area (Å²) in [6.07, 6.45) is 0. The average Bonchev–Trinajstić information content (AvgIpc) is 2.38. The van der Waals surface area contributed by atoms with Gasteiger partial charge in [0, 0.05) is 17.2 Å². The van der Waals surface area contributed by atoms with Crippen LogP contribution in [0.2, 0.25) is 0 Å². The Morgan fingerprint density at radius 2 is 2.00 bits per heavy atom. The Labute approximate surface area is 113 Å². The topological polar surface area (TPSA) is 38.3 Å². The van der Waals surface area contributed by atoms with Crippen LogP contribution in [0.15, 0.2) is 35.2 Å². The average molecular weight is 267 g/mol. The normalized spacial score (nSPS) is 12.4. The number of hydrogen-bond acceptors (Lipinski definition) is 4. The summed E-state index contributed by atoms with van der Waals surface area (Å²) in [5, 5.41) is 3.24. The second-order valence-corrected chi connectivity index (χ2v) is 5.53. The monoisotopic (exact) mass is 267 g/mol. The van der Waals surface area contributed by atoms with Crippen molar-refractivity contribution >= 4 is 17.7 Å². The van der Waals surface area contributed by atoms with Gasteiger partial charge in [0.05, 0.1) is 7.11 Å². The minimum absolute atomic E-state index is 0.185. The summed E-state index contributed by atoms with van der Waals surface area (Å²) in [5.41, 5.74) is 0. The fraction of sp³-hybridized carbons (Fsp3) is 0.500. The lowest BCUT2D eigenvalue weighted by atomic mass is 10.1. The Balaban J connectivity index is 2.29. The van der Waals surface area contributed by atoms with Gasteiger partial charge in [-0.25, -0.2) is 0 Å². The van der Waals surface area contributed by atoms with Gasteiger partial charge >= 0.3 is 5.97 Å². The SMILES string of the molecule is COC(=O)C(NCCSc1ccccc1)C(C)C. The summed E-state index contributed by atoms with van der Waals surface area (Å²) < 4.78 is 4.78. The number of thioether (sulfide) groups is 1. The van der Waals surface area contributed by atoms with Crippen LogP contribution in [0, 0.1) is 5.92 Å². The molecule has 1 atom stereocenters. The molecule has 1 aromatic carbocycles. The van der Waals surface area contributed by atoms with Gasteiger partial charge in [-0.15, -0.1) is 11.8 Å². The molecular formula is C14H21NO2S. The van der Waals surface area contributed by atoms with Gasteiger partial charge in [-0.3, -0.25) is 4.79 Å². The second-order valence-electron chi connectivity index (χ2n) is 4.36. The number of esters is 1. The van der Waals surface area contributed by atoms with Crippen LogP contribution in [0.4, 0.5) is 0 Å². The Hall–Kier alpha value is -1.00. The van der Waals surface area contributed by atoms with Gasteiger partial charge in [0.15, 0.2) is 0 Å². The van der Waals surface area contributed by atoms with Gasteiger partial charge in [0.2, 0.25) is 0 Å². The molecule has 0 bridgehead atoms. The van der Waals surface area contributed by atoms with Crippen molar-refractivity contribution < 1.29 is 9.53 Å². The van der Waals surface area contributed by atoms with Crippen LogP contribution in [0.5, 0.6) is 0 Å². The van der Waals surface area contributed by atoms with Gasteiger partial charge in [0.25, 0.3) is 0 Å². The fourth-order valence-corrected chi connectivity index (χ4v) is 2.42. The largest absolute Gasteiger partial charge is 0.468 e. The third kappa shape index (κ3) is 5.10. The van der Waals surface area contributed by atoms with E-state index in [9.17, 15) is 4.79 Å². The van der Waals surface area contributed by atoms with Gasteiger partial charge < -0.3 is 10.1 Å². The van der Waals surface area contributed by atoms with Crippen molar-refractivity contribution in [3.8, 4) is 0 Å². The van der Waals surface area contributed by atoms with E-state index >= 15 is 0 Å². The smallest absolute Gasteiger partial charge is 0.323 e. The number of carbonyl (C=O) groups is 1. The van der Waals surface area contributed by atoms with E-state index in [-0.39, 0.29) is 17.9 Å². The molecule has 4 heteroatoms. The molecule has 0 aliphatic heterocycles. The van der Waals surface area contributed by atoms with Crippen molar-refractivity contribution in [2.24, 2.45) is 5.92 Å². The second kappa shape index (κ2) is 8.16. The molecule has 1 aromatic rings.